The second-order valence-electron chi connectivity index (χ2n) is 7.27. The van der Waals surface area contributed by atoms with Gasteiger partial charge in [-0.25, -0.2) is 0 Å². The van der Waals surface area contributed by atoms with E-state index in [-0.39, 0.29) is 11.2 Å². The van der Waals surface area contributed by atoms with Gasteiger partial charge in [0.05, 0.1) is 10.8 Å². The van der Waals surface area contributed by atoms with Crippen LogP contribution in [0.4, 0.5) is 5.69 Å². The zero-order valence-corrected chi connectivity index (χ0v) is 18.0. The Morgan fingerprint density at radius 1 is 1.13 bits per heavy atom. The molecule has 2 heterocycles. The van der Waals surface area contributed by atoms with Gasteiger partial charge < -0.3 is 14.7 Å². The van der Waals surface area contributed by atoms with Gasteiger partial charge in [0, 0.05) is 22.8 Å². The summed E-state index contributed by atoms with van der Waals surface area (Å²) in [7, 11) is 0. The summed E-state index contributed by atoms with van der Waals surface area (Å²) in [4.78, 5) is 16.0. The molecule has 0 aliphatic rings. The third-order valence-electron chi connectivity index (χ3n) is 5.23. The number of fused-ring (bicyclic) bond motifs is 1. The van der Waals surface area contributed by atoms with Crippen LogP contribution in [0.15, 0.2) is 64.4 Å². The first-order chi connectivity index (χ1) is 14.6. The first-order valence-corrected chi connectivity index (χ1v) is 10.9. The zero-order chi connectivity index (χ0) is 21.1. The Hall–Kier alpha value is -3.06. The van der Waals surface area contributed by atoms with Crippen LogP contribution in [0.1, 0.15) is 38.7 Å². The van der Waals surface area contributed by atoms with E-state index in [1.54, 1.807) is 0 Å². The fraction of sp³-hybridized carbons (Fsp3) is 0.261. The predicted molar refractivity (Wildman–Crippen MR) is 121 cm³/mol. The van der Waals surface area contributed by atoms with Crippen molar-refractivity contribution in [3.63, 3.8) is 0 Å². The number of hydrogen-bond donors (Lipinski definition) is 2. The summed E-state index contributed by atoms with van der Waals surface area (Å²) in [5.41, 5.74) is 3.86. The monoisotopic (exact) mass is 420 g/mol. The van der Waals surface area contributed by atoms with Gasteiger partial charge in [-0.15, -0.1) is 10.2 Å². The molecular formula is C23H24N4O2S. The maximum absolute atomic E-state index is 12.8. The summed E-state index contributed by atoms with van der Waals surface area (Å²) < 4.78 is 5.83. The summed E-state index contributed by atoms with van der Waals surface area (Å²) >= 11 is 1.25. The highest BCUT2D eigenvalue weighted by molar-refractivity contribution is 8.00. The van der Waals surface area contributed by atoms with Crippen molar-refractivity contribution >= 4 is 34.3 Å². The van der Waals surface area contributed by atoms with Gasteiger partial charge in [0.2, 0.25) is 5.91 Å². The van der Waals surface area contributed by atoms with Gasteiger partial charge in [-0.05, 0) is 37.0 Å². The number of benzene rings is 2. The number of aromatic nitrogens is 3. The highest BCUT2D eigenvalue weighted by atomic mass is 32.2. The van der Waals surface area contributed by atoms with E-state index in [1.807, 2.05) is 55.6 Å². The summed E-state index contributed by atoms with van der Waals surface area (Å²) in [6.07, 6.45) is 2.87. The van der Waals surface area contributed by atoms with Crippen molar-refractivity contribution in [1.29, 1.82) is 0 Å². The molecule has 0 aliphatic carbocycles. The Morgan fingerprint density at radius 2 is 1.90 bits per heavy atom. The van der Waals surface area contributed by atoms with Crippen molar-refractivity contribution in [2.45, 2.75) is 43.6 Å². The molecule has 0 saturated heterocycles. The van der Waals surface area contributed by atoms with Crippen LogP contribution in [0.25, 0.3) is 22.4 Å². The second-order valence-corrected chi connectivity index (χ2v) is 8.56. The Labute approximate surface area is 179 Å². The minimum atomic E-state index is -0.383. The molecule has 4 rings (SSSR count). The molecule has 0 saturated carbocycles. The largest absolute Gasteiger partial charge is 0.411 e. The number of carbonyl (C=O) groups excluding carboxylic acids is 1. The molecule has 0 bridgehead atoms. The molecule has 0 spiro atoms. The van der Waals surface area contributed by atoms with Crippen molar-refractivity contribution in [1.82, 2.24) is 15.2 Å². The maximum atomic E-state index is 12.8. The fourth-order valence-corrected chi connectivity index (χ4v) is 4.00. The van der Waals surface area contributed by atoms with Crippen LogP contribution in [-0.4, -0.2) is 26.3 Å². The molecule has 0 fully saturated rings. The van der Waals surface area contributed by atoms with Gasteiger partial charge in [-0.3, -0.25) is 4.79 Å². The summed E-state index contributed by atoms with van der Waals surface area (Å²) in [5, 5.41) is 12.3. The van der Waals surface area contributed by atoms with Crippen molar-refractivity contribution in [3.8, 4) is 11.5 Å². The van der Waals surface area contributed by atoms with Crippen LogP contribution in [0.2, 0.25) is 0 Å². The Kier molecular flexibility index (Phi) is 5.90. The van der Waals surface area contributed by atoms with Crippen LogP contribution in [0.3, 0.4) is 0 Å². The van der Waals surface area contributed by atoms with Gasteiger partial charge in [0.1, 0.15) is 0 Å². The van der Waals surface area contributed by atoms with Crippen molar-refractivity contribution < 1.29 is 9.21 Å². The van der Waals surface area contributed by atoms with E-state index in [9.17, 15) is 4.79 Å². The van der Waals surface area contributed by atoms with Crippen LogP contribution < -0.4 is 5.32 Å². The standard InChI is InChI=1S/C23H24N4O2S/c1-4-14(2)16-9-5-8-12-20(16)25-21(28)15(3)30-23-27-26-22(29-23)18-13-24-19-11-7-6-10-17(18)19/h5-15,24H,4H2,1-3H3,(H,25,28)/t14-,15+/m0/s1. The number of rotatable bonds is 7. The Balaban J connectivity index is 1.46. The van der Waals surface area contributed by atoms with Crippen molar-refractivity contribution in [3.05, 3.63) is 60.3 Å². The molecule has 1 amide bonds. The first-order valence-electron chi connectivity index (χ1n) is 10.0. The topological polar surface area (TPSA) is 83.8 Å². The number of amides is 1. The van der Waals surface area contributed by atoms with Crippen molar-refractivity contribution in [2.24, 2.45) is 0 Å². The highest BCUT2D eigenvalue weighted by Crippen LogP contribution is 2.32. The smallest absolute Gasteiger partial charge is 0.277 e. The minimum absolute atomic E-state index is 0.0948. The van der Waals surface area contributed by atoms with Gasteiger partial charge >= 0.3 is 0 Å². The molecule has 2 N–H and O–H groups in total. The molecule has 0 unspecified atom stereocenters. The van der Waals surface area contributed by atoms with E-state index < -0.39 is 0 Å². The lowest BCUT2D eigenvalue weighted by molar-refractivity contribution is -0.115. The quantitative estimate of drug-likeness (QED) is 0.366. The normalized spacial score (nSPS) is 13.3. The molecule has 6 nitrogen and oxygen atoms in total. The lowest BCUT2D eigenvalue weighted by Gasteiger charge is -2.17. The summed E-state index contributed by atoms with van der Waals surface area (Å²) in [6, 6.07) is 15.9. The van der Waals surface area contributed by atoms with E-state index in [0.717, 1.165) is 34.1 Å². The molecule has 2 atom stereocenters. The number of nitrogens with one attached hydrogen (secondary N) is 2. The molecule has 7 heteroatoms. The molecule has 2 aromatic carbocycles. The van der Waals surface area contributed by atoms with E-state index >= 15 is 0 Å². The van der Waals surface area contributed by atoms with Crippen LogP contribution in [0.5, 0.6) is 0 Å². The first kappa shape index (κ1) is 20.2. The summed E-state index contributed by atoms with van der Waals surface area (Å²) in [5.74, 6) is 0.714. The molecule has 0 radical (unpaired) electrons. The van der Waals surface area contributed by atoms with Gasteiger partial charge in [-0.1, -0.05) is 62.0 Å². The van der Waals surface area contributed by atoms with Gasteiger partial charge in [-0.2, -0.15) is 0 Å². The molecule has 4 aromatic rings. The number of hydrogen-bond acceptors (Lipinski definition) is 5. The number of carbonyl (C=O) groups is 1. The van der Waals surface area contributed by atoms with Gasteiger partial charge in [0.25, 0.3) is 11.1 Å². The molecule has 2 aromatic heterocycles. The fourth-order valence-electron chi connectivity index (χ4n) is 3.31. The van der Waals surface area contributed by atoms with Gasteiger partial charge in [0.15, 0.2) is 0 Å². The lowest BCUT2D eigenvalue weighted by Crippen LogP contribution is -2.23. The lowest BCUT2D eigenvalue weighted by atomic mass is 9.97. The maximum Gasteiger partial charge on any atom is 0.277 e. The van der Waals surface area contributed by atoms with Crippen LogP contribution >= 0.6 is 11.8 Å². The second kappa shape index (κ2) is 8.75. The van der Waals surface area contributed by atoms with E-state index in [2.05, 4.69) is 40.4 Å². The predicted octanol–water partition coefficient (Wildman–Crippen LogP) is 5.85. The van der Waals surface area contributed by atoms with Crippen molar-refractivity contribution in [2.75, 3.05) is 5.32 Å². The third-order valence-corrected chi connectivity index (χ3v) is 6.17. The highest BCUT2D eigenvalue weighted by Gasteiger charge is 2.21. The van der Waals surface area contributed by atoms with E-state index in [0.29, 0.717) is 17.0 Å². The summed E-state index contributed by atoms with van der Waals surface area (Å²) in [6.45, 7) is 6.14. The molecule has 30 heavy (non-hydrogen) atoms. The number of anilines is 1. The minimum Gasteiger partial charge on any atom is -0.411 e. The average molecular weight is 421 g/mol. The number of nitrogens with zero attached hydrogens (tertiary/aromatic N) is 2. The van der Waals surface area contributed by atoms with Crippen LogP contribution in [0, 0.1) is 0 Å². The molecular weight excluding hydrogens is 396 g/mol. The third kappa shape index (κ3) is 4.11. The Bertz CT molecular complexity index is 1170. The SMILES string of the molecule is CC[C@H](C)c1ccccc1NC(=O)[C@@H](C)Sc1nnc(-c2c[nH]c3ccccc23)o1. The number of H-pyrrole nitrogens is 1. The average Bonchev–Trinajstić information content (AvgIpc) is 3.40. The number of para-hydroxylation sites is 2. The molecule has 0 aliphatic heterocycles. The zero-order valence-electron chi connectivity index (χ0n) is 17.2. The number of aromatic amines is 1. The Morgan fingerprint density at radius 3 is 2.73 bits per heavy atom. The number of thioether (sulfide) groups is 1. The van der Waals surface area contributed by atoms with E-state index in [1.165, 1.54) is 11.8 Å². The molecule has 154 valence electrons. The van der Waals surface area contributed by atoms with E-state index in [4.69, 9.17) is 4.42 Å². The van der Waals surface area contributed by atoms with Crippen LogP contribution in [-0.2, 0) is 4.79 Å².